The van der Waals surface area contributed by atoms with Crippen LogP contribution in [0.4, 0.5) is 0 Å². The van der Waals surface area contributed by atoms with Crippen LogP contribution in [-0.2, 0) is 9.53 Å². The van der Waals surface area contributed by atoms with Gasteiger partial charge in [-0.15, -0.1) is 0 Å². The second-order valence-corrected chi connectivity index (χ2v) is 2.93. The lowest BCUT2D eigenvalue weighted by Gasteiger charge is -2.18. The lowest BCUT2D eigenvalue weighted by atomic mass is 10.2. The number of carboxylic acid groups (broad SMARTS) is 1. The van der Waals surface area contributed by atoms with Gasteiger partial charge < -0.3 is 14.9 Å². The molecule has 0 amide bonds. The van der Waals surface area contributed by atoms with Gasteiger partial charge in [-0.2, -0.15) is 0 Å². The molecular weight excluding hydrogens is 174 g/mol. The molecule has 0 heterocycles. The Bertz CT molecular complexity index is 151. The van der Waals surface area contributed by atoms with Crippen molar-refractivity contribution in [2.45, 2.75) is 25.4 Å². The van der Waals surface area contributed by atoms with E-state index in [2.05, 4.69) is 5.32 Å². The van der Waals surface area contributed by atoms with E-state index in [1.165, 1.54) is 7.11 Å². The highest BCUT2D eigenvalue weighted by molar-refractivity contribution is 5.73. The van der Waals surface area contributed by atoms with E-state index >= 15 is 0 Å². The fraction of sp³-hybridized carbons (Fsp3) is 0.875. The molecule has 78 valence electrons. The van der Waals surface area contributed by atoms with Crippen molar-refractivity contribution in [3.63, 3.8) is 0 Å². The Morgan fingerprint density at radius 3 is 2.62 bits per heavy atom. The van der Waals surface area contributed by atoms with Gasteiger partial charge >= 0.3 is 5.97 Å². The van der Waals surface area contributed by atoms with Gasteiger partial charge in [-0.05, 0) is 13.3 Å². The molecule has 2 atom stereocenters. The van der Waals surface area contributed by atoms with Gasteiger partial charge in [0.05, 0.1) is 6.61 Å². The summed E-state index contributed by atoms with van der Waals surface area (Å²) in [6, 6.07) is -0.729. The maximum atomic E-state index is 10.6. The van der Waals surface area contributed by atoms with Gasteiger partial charge in [0.25, 0.3) is 0 Å². The number of nitrogens with one attached hydrogen (secondary N) is 1. The largest absolute Gasteiger partial charge is 0.480 e. The third-order valence-corrected chi connectivity index (χ3v) is 1.68. The Hall–Kier alpha value is -0.650. The third-order valence-electron chi connectivity index (χ3n) is 1.68. The zero-order chi connectivity index (χ0) is 10.3. The van der Waals surface area contributed by atoms with E-state index < -0.39 is 12.0 Å². The molecule has 5 nitrogen and oxygen atoms in total. The maximum absolute atomic E-state index is 10.6. The van der Waals surface area contributed by atoms with Gasteiger partial charge in [-0.25, -0.2) is 0 Å². The van der Waals surface area contributed by atoms with Crippen molar-refractivity contribution in [2.75, 3.05) is 20.3 Å². The van der Waals surface area contributed by atoms with Crippen LogP contribution in [0.5, 0.6) is 0 Å². The summed E-state index contributed by atoms with van der Waals surface area (Å²) in [5, 5.41) is 20.1. The highest BCUT2D eigenvalue weighted by Gasteiger charge is 2.18. The fourth-order valence-electron chi connectivity index (χ4n) is 0.978. The van der Waals surface area contributed by atoms with Crippen LogP contribution in [0.15, 0.2) is 0 Å². The van der Waals surface area contributed by atoms with Crippen LogP contribution in [0.25, 0.3) is 0 Å². The lowest BCUT2D eigenvalue weighted by Crippen LogP contribution is -2.45. The third kappa shape index (κ3) is 5.57. The second-order valence-electron chi connectivity index (χ2n) is 2.93. The standard InChI is InChI=1S/C8H17NO4/c1-6(3-4-10)9-7(5-13-2)8(11)12/h6-7,9-10H,3-5H2,1-2H3,(H,11,12). The van der Waals surface area contributed by atoms with Crippen molar-refractivity contribution in [1.82, 2.24) is 5.32 Å². The van der Waals surface area contributed by atoms with Gasteiger partial charge in [-0.1, -0.05) is 0 Å². The van der Waals surface area contributed by atoms with Crippen LogP contribution >= 0.6 is 0 Å². The topological polar surface area (TPSA) is 78.8 Å². The van der Waals surface area contributed by atoms with Crippen molar-refractivity contribution in [1.29, 1.82) is 0 Å². The van der Waals surface area contributed by atoms with Gasteiger partial charge in [0, 0.05) is 19.8 Å². The minimum absolute atomic E-state index is 0.0266. The number of carboxylic acids is 1. The van der Waals surface area contributed by atoms with Gasteiger partial charge in [-0.3, -0.25) is 10.1 Å². The Labute approximate surface area is 77.7 Å². The monoisotopic (exact) mass is 191 g/mol. The Morgan fingerprint density at radius 1 is 1.62 bits per heavy atom. The number of methoxy groups -OCH3 is 1. The molecule has 0 saturated carbocycles. The number of carbonyl (C=O) groups is 1. The van der Waals surface area contributed by atoms with Gasteiger partial charge in [0.2, 0.25) is 0 Å². The van der Waals surface area contributed by atoms with Gasteiger partial charge in [0.1, 0.15) is 6.04 Å². The first-order chi connectivity index (χ1) is 6.11. The summed E-state index contributed by atoms with van der Waals surface area (Å²) in [5.41, 5.74) is 0. The number of rotatable bonds is 7. The average Bonchev–Trinajstić information content (AvgIpc) is 2.04. The summed E-state index contributed by atoms with van der Waals surface area (Å²) in [6.07, 6.45) is 0.535. The van der Waals surface area contributed by atoms with Crippen LogP contribution in [0.3, 0.4) is 0 Å². The molecule has 5 heteroatoms. The quantitative estimate of drug-likeness (QED) is 0.503. The molecule has 0 bridgehead atoms. The maximum Gasteiger partial charge on any atom is 0.323 e. The molecule has 0 spiro atoms. The summed E-state index contributed by atoms with van der Waals surface area (Å²) in [4.78, 5) is 10.6. The molecule has 0 aliphatic heterocycles. The number of hydrogen-bond acceptors (Lipinski definition) is 4. The van der Waals surface area contributed by atoms with E-state index in [4.69, 9.17) is 14.9 Å². The van der Waals surface area contributed by atoms with Crippen molar-refractivity contribution in [3.8, 4) is 0 Å². The van der Waals surface area contributed by atoms with E-state index in [0.29, 0.717) is 6.42 Å². The van der Waals surface area contributed by atoms with Crippen LogP contribution in [0.1, 0.15) is 13.3 Å². The molecule has 0 fully saturated rings. The molecule has 0 aromatic carbocycles. The number of aliphatic carboxylic acids is 1. The Morgan fingerprint density at radius 2 is 2.23 bits per heavy atom. The van der Waals surface area contributed by atoms with Gasteiger partial charge in [0.15, 0.2) is 0 Å². The molecule has 0 saturated heterocycles. The number of aliphatic hydroxyl groups is 1. The molecule has 0 aromatic rings. The average molecular weight is 191 g/mol. The molecule has 0 rings (SSSR count). The van der Waals surface area contributed by atoms with E-state index in [9.17, 15) is 4.79 Å². The second kappa shape index (κ2) is 6.82. The first-order valence-electron chi connectivity index (χ1n) is 4.20. The molecule has 0 aromatic heterocycles. The van der Waals surface area contributed by atoms with Crippen molar-refractivity contribution in [2.24, 2.45) is 0 Å². The van der Waals surface area contributed by atoms with Crippen LogP contribution < -0.4 is 5.32 Å². The molecule has 0 radical (unpaired) electrons. The van der Waals surface area contributed by atoms with Crippen LogP contribution in [-0.4, -0.2) is 48.6 Å². The van der Waals surface area contributed by atoms with Crippen molar-refractivity contribution < 1.29 is 19.7 Å². The zero-order valence-corrected chi connectivity index (χ0v) is 7.99. The van der Waals surface area contributed by atoms with Crippen molar-refractivity contribution >= 4 is 5.97 Å². The number of aliphatic hydroxyl groups excluding tert-OH is 1. The normalized spacial score (nSPS) is 15.3. The summed E-state index contributed by atoms with van der Waals surface area (Å²) < 4.78 is 4.74. The molecule has 13 heavy (non-hydrogen) atoms. The smallest absolute Gasteiger partial charge is 0.323 e. The minimum Gasteiger partial charge on any atom is -0.480 e. The molecule has 0 aliphatic rings. The first-order valence-corrected chi connectivity index (χ1v) is 4.20. The first kappa shape index (κ1) is 12.3. The van der Waals surface area contributed by atoms with E-state index in [1.54, 1.807) is 0 Å². The molecular formula is C8H17NO4. The molecule has 0 aliphatic carbocycles. The zero-order valence-electron chi connectivity index (χ0n) is 7.99. The number of ether oxygens (including phenoxy) is 1. The van der Waals surface area contributed by atoms with Crippen LogP contribution in [0, 0.1) is 0 Å². The summed E-state index contributed by atoms with van der Waals surface area (Å²) in [5.74, 6) is -0.938. The summed E-state index contributed by atoms with van der Waals surface area (Å²) in [7, 11) is 1.45. The predicted octanol–water partition coefficient (Wildman–Crippen LogP) is -0.553. The molecule has 3 N–H and O–H groups in total. The lowest BCUT2D eigenvalue weighted by molar-refractivity contribution is -0.141. The Balaban J connectivity index is 3.86. The van der Waals surface area contributed by atoms with E-state index in [1.807, 2.05) is 6.92 Å². The predicted molar refractivity (Wildman–Crippen MR) is 47.6 cm³/mol. The highest BCUT2D eigenvalue weighted by Crippen LogP contribution is 1.93. The van der Waals surface area contributed by atoms with E-state index in [0.717, 1.165) is 0 Å². The highest BCUT2D eigenvalue weighted by atomic mass is 16.5. The van der Waals surface area contributed by atoms with Crippen molar-refractivity contribution in [3.05, 3.63) is 0 Å². The summed E-state index contributed by atoms with van der Waals surface area (Å²) in [6.45, 7) is 2.00. The Kier molecular flexibility index (Phi) is 6.48. The van der Waals surface area contributed by atoms with Crippen LogP contribution in [0.2, 0.25) is 0 Å². The SMILES string of the molecule is COCC(NC(C)CCO)C(=O)O. The fourth-order valence-corrected chi connectivity index (χ4v) is 0.978. The number of hydrogen-bond donors (Lipinski definition) is 3. The summed E-state index contributed by atoms with van der Waals surface area (Å²) >= 11 is 0. The minimum atomic E-state index is -0.938. The molecule has 2 unspecified atom stereocenters. The van der Waals surface area contributed by atoms with E-state index in [-0.39, 0.29) is 19.3 Å².